The number of carbonyl (C=O) groups excluding carboxylic acids is 1. The molecule has 1 aromatic carbocycles. The predicted octanol–water partition coefficient (Wildman–Crippen LogP) is 5.09. The smallest absolute Gasteiger partial charge is 0.326 e. The first-order valence-corrected chi connectivity index (χ1v) is 16.6. The molecule has 8 heteroatoms. The fourth-order valence-corrected chi connectivity index (χ4v) is 5.47. The molecule has 1 aliphatic heterocycles. The number of rotatable bonds is 10. The van der Waals surface area contributed by atoms with Crippen molar-refractivity contribution in [3.05, 3.63) is 58.7 Å². The van der Waals surface area contributed by atoms with Crippen LogP contribution in [0, 0.1) is 11.3 Å². The van der Waals surface area contributed by atoms with Crippen molar-refractivity contribution in [2.45, 2.75) is 77.2 Å². The number of hydrogen-bond donors (Lipinski definition) is 1. The van der Waals surface area contributed by atoms with E-state index in [4.69, 9.17) is 14.2 Å². The summed E-state index contributed by atoms with van der Waals surface area (Å²) in [5.74, 6) is -0.443. The van der Waals surface area contributed by atoms with Crippen molar-refractivity contribution in [3.63, 3.8) is 0 Å². The van der Waals surface area contributed by atoms with Crippen molar-refractivity contribution in [1.29, 1.82) is 5.26 Å². The van der Waals surface area contributed by atoms with Crippen molar-refractivity contribution >= 4 is 19.4 Å². The summed E-state index contributed by atoms with van der Waals surface area (Å²) in [5, 5.41) is 9.43. The lowest BCUT2D eigenvalue weighted by atomic mass is 9.87. The average molecular weight is 509 g/mol. The molecule has 1 N–H and O–H groups in total. The molecule has 0 spiro atoms. The number of imidazole rings is 1. The van der Waals surface area contributed by atoms with Gasteiger partial charge in [-0.05, 0) is 61.4 Å². The zero-order valence-corrected chi connectivity index (χ0v) is 23.0. The minimum Gasteiger partial charge on any atom is -0.344 e. The number of ketones is 1. The second-order valence-corrected chi connectivity index (χ2v) is 16.7. The van der Waals surface area contributed by atoms with Gasteiger partial charge in [-0.1, -0.05) is 37.8 Å². The third-order valence-corrected chi connectivity index (χ3v) is 8.60. The maximum Gasteiger partial charge on any atom is 0.326 e. The van der Waals surface area contributed by atoms with Crippen LogP contribution < -0.4 is 4.57 Å². The molecule has 0 saturated carbocycles. The fraction of sp³-hybridized carbons (Fsp3) is 0.536. The number of allylic oxidation sites excluding steroid dienone is 2. The summed E-state index contributed by atoms with van der Waals surface area (Å²) in [7, 11) is -1.21. The first-order chi connectivity index (χ1) is 17.2. The molecule has 1 aromatic heterocycles. The summed E-state index contributed by atoms with van der Waals surface area (Å²) in [4.78, 5) is 16.5. The highest BCUT2D eigenvalue weighted by Gasteiger charge is 2.34. The second-order valence-electron chi connectivity index (χ2n) is 11.0. The normalized spacial score (nSPS) is 17.6. The van der Waals surface area contributed by atoms with Gasteiger partial charge in [-0.3, -0.25) is 4.79 Å². The van der Waals surface area contributed by atoms with Crippen molar-refractivity contribution in [2.24, 2.45) is 0 Å². The molecule has 2 heterocycles. The maximum atomic E-state index is 13.5. The van der Waals surface area contributed by atoms with E-state index in [2.05, 4.69) is 42.8 Å². The number of nitrogens with zero attached hydrogens (tertiary/aromatic N) is 2. The number of aromatic nitrogens is 2. The van der Waals surface area contributed by atoms with Crippen LogP contribution in [0.3, 0.4) is 0 Å². The van der Waals surface area contributed by atoms with Gasteiger partial charge in [0.05, 0.1) is 13.2 Å². The van der Waals surface area contributed by atoms with E-state index in [9.17, 15) is 10.1 Å². The van der Waals surface area contributed by atoms with Crippen molar-refractivity contribution in [3.8, 4) is 6.07 Å². The Morgan fingerprint density at radius 3 is 2.69 bits per heavy atom. The van der Waals surface area contributed by atoms with Crippen molar-refractivity contribution in [1.82, 2.24) is 4.98 Å². The standard InChI is InChI=1S/C28H37N3O4Si/c1-28(34-12-13-35-28)23-11-10-22(25(17-23)21-8-6-5-7-9-21)16-26(32)27-30-24(18-29)19-31(27)20-33-14-15-36(2,3)4/h8,10-11,17,19H,5-7,9,12-16,20H2,1-4H3/p+1. The molecule has 0 unspecified atom stereocenters. The SMILES string of the molecule is CC1(c2ccc(CC(=O)c3[nH]c(C#N)c[n+]3COCC[Si](C)(C)C)c(C3=CCCCC3)c2)OCCO1. The van der Waals surface area contributed by atoms with Gasteiger partial charge in [-0.15, -0.1) is 0 Å². The van der Waals surface area contributed by atoms with Gasteiger partial charge in [0, 0.05) is 26.7 Å². The maximum absolute atomic E-state index is 13.5. The van der Waals surface area contributed by atoms with Crippen LogP contribution >= 0.6 is 0 Å². The topological polar surface area (TPSA) is 88.2 Å². The lowest BCUT2D eigenvalue weighted by Crippen LogP contribution is -2.40. The van der Waals surface area contributed by atoms with Crippen LogP contribution in [0.4, 0.5) is 0 Å². The highest BCUT2D eigenvalue weighted by atomic mass is 28.3. The summed E-state index contributed by atoms with van der Waals surface area (Å²) < 4.78 is 19.4. The molecule has 0 bridgehead atoms. The lowest BCUT2D eigenvalue weighted by molar-refractivity contribution is -0.733. The van der Waals surface area contributed by atoms with Gasteiger partial charge in [-0.25, -0.2) is 9.55 Å². The number of nitrogens with one attached hydrogen (secondary N) is 1. The first-order valence-electron chi connectivity index (χ1n) is 12.9. The molecular formula is C28H38N3O4Si+. The Kier molecular flexibility index (Phi) is 8.26. The molecule has 0 radical (unpaired) electrons. The molecule has 7 nitrogen and oxygen atoms in total. The van der Waals surface area contributed by atoms with E-state index in [1.54, 1.807) is 10.8 Å². The molecule has 4 rings (SSSR count). The highest BCUT2D eigenvalue weighted by Crippen LogP contribution is 2.36. The summed E-state index contributed by atoms with van der Waals surface area (Å²) in [6.45, 7) is 10.9. The van der Waals surface area contributed by atoms with E-state index in [0.29, 0.717) is 31.3 Å². The van der Waals surface area contributed by atoms with Crippen molar-refractivity contribution < 1.29 is 23.6 Å². The summed E-state index contributed by atoms with van der Waals surface area (Å²) in [6.07, 6.45) is 8.56. The molecule has 1 fully saturated rings. The summed E-state index contributed by atoms with van der Waals surface area (Å²) in [5.41, 5.74) is 4.65. The van der Waals surface area contributed by atoms with Crippen LogP contribution in [0.25, 0.3) is 5.57 Å². The number of ether oxygens (including phenoxy) is 3. The lowest BCUT2D eigenvalue weighted by Gasteiger charge is -2.25. The van der Waals surface area contributed by atoms with Gasteiger partial charge in [0.1, 0.15) is 6.07 Å². The van der Waals surface area contributed by atoms with Crippen LogP contribution in [0.15, 0.2) is 30.5 Å². The largest absolute Gasteiger partial charge is 0.344 e. The Bertz CT molecular complexity index is 1170. The highest BCUT2D eigenvalue weighted by molar-refractivity contribution is 6.76. The number of nitriles is 1. The van der Waals surface area contributed by atoms with E-state index in [0.717, 1.165) is 42.0 Å². The Morgan fingerprint density at radius 1 is 1.25 bits per heavy atom. The molecule has 1 saturated heterocycles. The van der Waals surface area contributed by atoms with E-state index in [-0.39, 0.29) is 18.9 Å². The third kappa shape index (κ3) is 6.40. The van der Waals surface area contributed by atoms with Crippen molar-refractivity contribution in [2.75, 3.05) is 19.8 Å². The number of benzene rings is 1. The Labute approximate surface area is 215 Å². The molecule has 36 heavy (non-hydrogen) atoms. The van der Waals surface area contributed by atoms with Gasteiger partial charge in [-0.2, -0.15) is 5.26 Å². The second kappa shape index (κ2) is 11.2. The molecule has 192 valence electrons. The van der Waals surface area contributed by atoms with E-state index in [1.807, 2.05) is 19.1 Å². The van der Waals surface area contributed by atoms with Gasteiger partial charge >= 0.3 is 5.82 Å². The number of carbonyl (C=O) groups is 1. The Balaban J connectivity index is 1.58. The number of hydrogen-bond acceptors (Lipinski definition) is 5. The van der Waals surface area contributed by atoms with Gasteiger partial charge in [0.25, 0.3) is 0 Å². The molecule has 2 aliphatic rings. The van der Waals surface area contributed by atoms with E-state index >= 15 is 0 Å². The molecule has 1 aliphatic carbocycles. The summed E-state index contributed by atoms with van der Waals surface area (Å²) >= 11 is 0. The molecule has 2 aromatic rings. The Hall–Kier alpha value is -2.57. The van der Waals surface area contributed by atoms with Crippen LogP contribution in [-0.2, 0) is 33.1 Å². The first kappa shape index (κ1) is 26.5. The zero-order chi connectivity index (χ0) is 25.8. The zero-order valence-electron chi connectivity index (χ0n) is 22.0. The monoisotopic (exact) mass is 508 g/mol. The third-order valence-electron chi connectivity index (χ3n) is 6.90. The van der Waals surface area contributed by atoms with Crippen LogP contribution in [0.5, 0.6) is 0 Å². The molecule has 0 atom stereocenters. The quantitative estimate of drug-likeness (QED) is 0.209. The summed E-state index contributed by atoms with van der Waals surface area (Å²) in [6, 6.07) is 9.32. The Morgan fingerprint density at radius 2 is 2.03 bits per heavy atom. The van der Waals surface area contributed by atoms with E-state index < -0.39 is 13.9 Å². The average Bonchev–Trinajstić information content (AvgIpc) is 3.49. The molecular weight excluding hydrogens is 470 g/mol. The number of Topliss-reactive ketones (excluding diaryl/α,β-unsaturated/α-hetero) is 1. The molecule has 0 amide bonds. The minimum atomic E-state index is -1.21. The van der Waals surface area contributed by atoms with Gasteiger partial charge < -0.3 is 14.2 Å². The minimum absolute atomic E-state index is 0.0738. The number of aromatic amines is 1. The van der Waals surface area contributed by atoms with Crippen LogP contribution in [-0.4, -0.2) is 38.7 Å². The van der Waals surface area contributed by atoms with E-state index in [1.165, 1.54) is 12.0 Å². The fourth-order valence-electron chi connectivity index (χ4n) is 4.71. The van der Waals surface area contributed by atoms with Gasteiger partial charge in [0.15, 0.2) is 18.7 Å². The predicted molar refractivity (Wildman–Crippen MR) is 140 cm³/mol. The van der Waals surface area contributed by atoms with Crippen LogP contribution in [0.2, 0.25) is 25.7 Å². The van der Waals surface area contributed by atoms with Crippen LogP contribution in [0.1, 0.15) is 65.6 Å². The number of H-pyrrole nitrogens is 1. The van der Waals surface area contributed by atoms with Gasteiger partial charge in [0.2, 0.25) is 11.5 Å².